The normalized spacial score (nSPS) is 12.1. The van der Waals surface area contributed by atoms with Crippen LogP contribution < -0.4 is 0 Å². The van der Waals surface area contributed by atoms with Crippen LogP contribution in [0.25, 0.3) is 0 Å². The predicted molar refractivity (Wildman–Crippen MR) is 70.0 cm³/mol. The molecule has 0 spiro atoms. The quantitative estimate of drug-likeness (QED) is 0.552. The minimum Gasteiger partial charge on any atom is -0.461 e. The molecule has 0 heterocycles. The third-order valence-corrected chi connectivity index (χ3v) is 3.30. The number of benzene rings is 1. The summed E-state index contributed by atoms with van der Waals surface area (Å²) in [6, 6.07) is 9.01. The molecule has 1 atom stereocenters. The molecular weight excluding hydrogens is 236 g/mol. The smallest absolute Gasteiger partial charge is 0.338 e. The highest BCUT2D eigenvalue weighted by Gasteiger charge is 2.12. The predicted octanol–water partition coefficient (Wildman–Crippen LogP) is 3.31. The molecule has 94 valence electrons. The van der Waals surface area contributed by atoms with Gasteiger partial charge in [0.2, 0.25) is 0 Å². The molecule has 0 saturated heterocycles. The fourth-order valence-electron chi connectivity index (χ4n) is 1.20. The maximum atomic E-state index is 11.7. The van der Waals surface area contributed by atoms with E-state index in [1.165, 1.54) is 12.0 Å². The molecule has 0 aliphatic heterocycles. The van der Waals surface area contributed by atoms with Gasteiger partial charge in [0.15, 0.2) is 0 Å². The van der Waals surface area contributed by atoms with E-state index in [9.17, 15) is 4.79 Å². The van der Waals surface area contributed by atoms with Gasteiger partial charge in [0.1, 0.15) is 6.61 Å². The van der Waals surface area contributed by atoms with Gasteiger partial charge in [-0.1, -0.05) is 25.1 Å². The highest BCUT2D eigenvalue weighted by Crippen LogP contribution is 2.16. The van der Waals surface area contributed by atoms with E-state index >= 15 is 0 Å². The first kappa shape index (κ1) is 14.1. The zero-order valence-corrected chi connectivity index (χ0v) is 11.0. The zero-order valence-electron chi connectivity index (χ0n) is 10.2. The number of hydrogen-bond acceptors (Lipinski definition) is 4. The average molecular weight is 254 g/mol. The van der Waals surface area contributed by atoms with Gasteiger partial charge >= 0.3 is 5.97 Å². The van der Waals surface area contributed by atoms with Crippen molar-refractivity contribution in [3.05, 3.63) is 35.9 Å². The minimum atomic E-state index is -0.277. The Bertz CT molecular complexity index is 327. The van der Waals surface area contributed by atoms with Crippen molar-refractivity contribution in [2.24, 2.45) is 0 Å². The van der Waals surface area contributed by atoms with Crippen LogP contribution in [0.3, 0.4) is 0 Å². The third-order valence-electron chi connectivity index (χ3n) is 2.19. The molecule has 3 nitrogen and oxygen atoms in total. The molecule has 0 aliphatic carbocycles. The Morgan fingerprint density at radius 1 is 1.29 bits per heavy atom. The molecule has 1 aromatic carbocycles. The molecule has 0 N–H and O–H groups in total. The fraction of sp³-hybridized carbons (Fsp3) is 0.462. The molecule has 0 saturated carbocycles. The summed E-state index contributed by atoms with van der Waals surface area (Å²) in [5.41, 5.74) is 0.587. The molecule has 1 aromatic rings. The van der Waals surface area contributed by atoms with Crippen LogP contribution in [0.5, 0.6) is 0 Å². The van der Waals surface area contributed by atoms with Crippen LogP contribution >= 0.6 is 12.0 Å². The second-order valence-corrected chi connectivity index (χ2v) is 4.59. The molecule has 1 rings (SSSR count). The SMILES string of the molecule is CCOSC(CC)COC(=O)c1ccccc1. The summed E-state index contributed by atoms with van der Waals surface area (Å²) in [7, 11) is 0. The molecule has 4 heteroatoms. The summed E-state index contributed by atoms with van der Waals surface area (Å²) < 4.78 is 10.5. The first-order valence-electron chi connectivity index (χ1n) is 5.78. The molecular formula is C13H18O3S. The van der Waals surface area contributed by atoms with Crippen LogP contribution in [-0.2, 0) is 8.92 Å². The van der Waals surface area contributed by atoms with Crippen molar-refractivity contribution in [1.29, 1.82) is 0 Å². The lowest BCUT2D eigenvalue weighted by atomic mass is 10.2. The van der Waals surface area contributed by atoms with E-state index in [2.05, 4.69) is 0 Å². The van der Waals surface area contributed by atoms with Crippen molar-refractivity contribution in [2.75, 3.05) is 13.2 Å². The molecule has 17 heavy (non-hydrogen) atoms. The monoisotopic (exact) mass is 254 g/mol. The van der Waals surface area contributed by atoms with Gasteiger partial charge in [0.25, 0.3) is 0 Å². The summed E-state index contributed by atoms with van der Waals surface area (Å²) in [6.07, 6.45) is 0.909. The Labute approximate surface area is 107 Å². The third kappa shape index (κ3) is 5.24. The van der Waals surface area contributed by atoms with Crippen LogP contribution in [0.1, 0.15) is 30.6 Å². The van der Waals surface area contributed by atoms with Gasteiger partial charge in [-0.2, -0.15) is 0 Å². The first-order chi connectivity index (χ1) is 8.27. The number of rotatable bonds is 7. The van der Waals surface area contributed by atoms with Gasteiger partial charge in [-0.25, -0.2) is 4.79 Å². The van der Waals surface area contributed by atoms with E-state index in [0.29, 0.717) is 18.8 Å². The summed E-state index contributed by atoms with van der Waals surface area (Å²) in [5.74, 6) is -0.277. The molecule has 0 amide bonds. The van der Waals surface area contributed by atoms with Crippen LogP contribution in [0, 0.1) is 0 Å². The highest BCUT2D eigenvalue weighted by atomic mass is 32.2. The van der Waals surface area contributed by atoms with Crippen molar-refractivity contribution < 1.29 is 13.7 Å². The fourth-order valence-corrected chi connectivity index (χ4v) is 1.79. The summed E-state index contributed by atoms with van der Waals surface area (Å²) >= 11 is 1.38. The van der Waals surface area contributed by atoms with E-state index in [1.807, 2.05) is 32.0 Å². The standard InChI is InChI=1S/C13H18O3S/c1-3-12(17-16-4-2)10-15-13(14)11-8-6-5-7-9-11/h5-9,12H,3-4,10H2,1-2H3. The van der Waals surface area contributed by atoms with Gasteiger partial charge in [0.05, 0.1) is 17.4 Å². The zero-order chi connectivity index (χ0) is 12.5. The summed E-state index contributed by atoms with van der Waals surface area (Å²) in [5, 5.41) is 0.197. The van der Waals surface area contributed by atoms with Crippen molar-refractivity contribution >= 4 is 18.0 Å². The summed E-state index contributed by atoms with van der Waals surface area (Å²) in [4.78, 5) is 11.7. The first-order valence-corrected chi connectivity index (χ1v) is 6.58. The van der Waals surface area contributed by atoms with Gasteiger partial charge in [-0.3, -0.25) is 0 Å². The highest BCUT2D eigenvalue weighted by molar-refractivity contribution is 7.95. The van der Waals surface area contributed by atoms with E-state index in [1.54, 1.807) is 12.1 Å². The second kappa shape index (κ2) is 8.14. The number of ether oxygens (including phenoxy) is 1. The van der Waals surface area contributed by atoms with Crippen molar-refractivity contribution in [2.45, 2.75) is 25.5 Å². The number of hydrogen-bond donors (Lipinski definition) is 0. The van der Waals surface area contributed by atoms with Crippen molar-refractivity contribution in [1.82, 2.24) is 0 Å². The molecule has 0 bridgehead atoms. The lowest BCUT2D eigenvalue weighted by Crippen LogP contribution is -2.16. The van der Waals surface area contributed by atoms with E-state index in [-0.39, 0.29) is 11.2 Å². The van der Waals surface area contributed by atoms with Gasteiger partial charge < -0.3 is 8.92 Å². The van der Waals surface area contributed by atoms with Crippen LogP contribution in [-0.4, -0.2) is 24.4 Å². The van der Waals surface area contributed by atoms with Crippen LogP contribution in [0.2, 0.25) is 0 Å². The van der Waals surface area contributed by atoms with E-state index in [4.69, 9.17) is 8.92 Å². The molecule has 0 radical (unpaired) electrons. The number of esters is 1. The molecule has 0 aliphatic rings. The Morgan fingerprint density at radius 2 is 2.00 bits per heavy atom. The van der Waals surface area contributed by atoms with Crippen molar-refractivity contribution in [3.63, 3.8) is 0 Å². The molecule has 1 unspecified atom stereocenters. The lowest BCUT2D eigenvalue weighted by Gasteiger charge is -2.13. The topological polar surface area (TPSA) is 35.5 Å². The Balaban J connectivity index is 2.36. The lowest BCUT2D eigenvalue weighted by molar-refractivity contribution is 0.0504. The Hall–Kier alpha value is -1.00. The van der Waals surface area contributed by atoms with Gasteiger partial charge in [-0.15, -0.1) is 0 Å². The largest absolute Gasteiger partial charge is 0.461 e. The number of carbonyl (C=O) groups is 1. The molecule has 0 aromatic heterocycles. The van der Waals surface area contributed by atoms with E-state index < -0.39 is 0 Å². The second-order valence-electron chi connectivity index (χ2n) is 3.50. The Kier molecular flexibility index (Phi) is 6.74. The molecule has 0 fully saturated rings. The van der Waals surface area contributed by atoms with Gasteiger partial charge in [0, 0.05) is 0 Å². The van der Waals surface area contributed by atoms with Crippen LogP contribution in [0.4, 0.5) is 0 Å². The van der Waals surface area contributed by atoms with E-state index in [0.717, 1.165) is 6.42 Å². The Morgan fingerprint density at radius 3 is 2.59 bits per heavy atom. The maximum absolute atomic E-state index is 11.7. The average Bonchev–Trinajstić information content (AvgIpc) is 2.39. The summed E-state index contributed by atoms with van der Waals surface area (Å²) in [6.45, 7) is 5.03. The minimum absolute atomic E-state index is 0.197. The van der Waals surface area contributed by atoms with Crippen LogP contribution in [0.15, 0.2) is 30.3 Å². The number of carbonyl (C=O) groups excluding carboxylic acids is 1. The maximum Gasteiger partial charge on any atom is 0.338 e. The van der Waals surface area contributed by atoms with Gasteiger partial charge in [-0.05, 0) is 37.5 Å². The van der Waals surface area contributed by atoms with Crippen molar-refractivity contribution in [3.8, 4) is 0 Å².